The molecule has 0 aliphatic carbocycles. The molecule has 0 radical (unpaired) electrons. The van der Waals surface area contributed by atoms with Crippen molar-refractivity contribution < 1.29 is 79.6 Å². The zero-order chi connectivity index (χ0) is 45.4. The van der Waals surface area contributed by atoms with Crippen molar-refractivity contribution in [1.29, 1.82) is 0 Å². The Morgan fingerprint density at radius 2 is 1.39 bits per heavy atom. The number of aliphatic hydroxyl groups is 8. The first-order valence-electron chi connectivity index (χ1n) is 21.5. The maximum atomic E-state index is 11.5. The molecule has 0 bridgehead atoms. The average Bonchev–Trinajstić information content (AvgIpc) is 3.23. The number of unbranched alkanes of at least 4 members (excludes halogenated alkanes) is 3. The van der Waals surface area contributed by atoms with Crippen LogP contribution in [0, 0.1) is 0 Å². The molecule has 0 spiro atoms. The molecule has 1 fully saturated rings. The molecule has 10 N–H and O–H groups in total. The van der Waals surface area contributed by atoms with Crippen LogP contribution in [0.25, 0.3) is 0 Å². The molecule has 16 nitrogen and oxygen atoms in total. The number of carboxylic acid groups (broad SMARTS) is 2. The molecular formula is C45H74O16. The maximum absolute atomic E-state index is 11.5. The molecule has 0 amide bonds. The summed E-state index contributed by atoms with van der Waals surface area (Å²) in [5.41, 5.74) is 0. The van der Waals surface area contributed by atoms with Crippen molar-refractivity contribution in [2.45, 2.75) is 177 Å². The van der Waals surface area contributed by atoms with Gasteiger partial charge in [-0.25, -0.2) is 0 Å². The molecule has 1 aliphatic heterocycles. The molecule has 61 heavy (non-hydrogen) atoms. The van der Waals surface area contributed by atoms with Gasteiger partial charge >= 0.3 is 11.9 Å². The largest absolute Gasteiger partial charge is 0.481 e. The van der Waals surface area contributed by atoms with Gasteiger partial charge < -0.3 is 70.0 Å². The van der Waals surface area contributed by atoms with Gasteiger partial charge in [0.1, 0.15) is 36.6 Å². The fourth-order valence-corrected chi connectivity index (χ4v) is 5.98. The van der Waals surface area contributed by atoms with E-state index in [0.29, 0.717) is 38.5 Å². The van der Waals surface area contributed by atoms with Crippen molar-refractivity contribution >= 4 is 11.9 Å². The standard InChI is InChI=1S/C45H74O16/c1-3-5-7-9-10-14-21-35(49)38(60-37(22-15-8-6-4-2)36(50)27-25-32(47)19-17-18-24-41(53)54)28-26-34(20-13-11-12-16-23-40(51)52)58-31-39-42(55)43(56)44(57)45(61-39)59-30-33(48)29-46/h5,7-8,10-11,13-15,25-28,32-39,42-50,55-57H,3-4,6,9,12,16-24,29-31H2,1-2H3,(H,51,52)(H,53,54). The molecule has 1 rings (SSSR count). The molecule has 16 heteroatoms. The summed E-state index contributed by atoms with van der Waals surface area (Å²) in [5, 5.41) is 102. The van der Waals surface area contributed by atoms with Gasteiger partial charge in [0.25, 0.3) is 0 Å². The third kappa shape index (κ3) is 26.2. The number of carboxylic acids is 2. The van der Waals surface area contributed by atoms with Gasteiger partial charge in [0.05, 0.1) is 50.3 Å². The highest BCUT2D eigenvalue weighted by molar-refractivity contribution is 5.66. The minimum atomic E-state index is -1.69. The minimum Gasteiger partial charge on any atom is -0.481 e. The predicted octanol–water partition coefficient (Wildman–Crippen LogP) is 3.39. The molecule has 1 aliphatic rings. The fourth-order valence-electron chi connectivity index (χ4n) is 5.98. The first-order valence-corrected chi connectivity index (χ1v) is 21.5. The summed E-state index contributed by atoms with van der Waals surface area (Å²) in [6.07, 6.45) is 12.6. The second-order valence-electron chi connectivity index (χ2n) is 15.0. The van der Waals surface area contributed by atoms with E-state index < -0.39 is 98.6 Å². The van der Waals surface area contributed by atoms with E-state index >= 15 is 0 Å². The topological polar surface area (TPSA) is 273 Å². The molecule has 12 unspecified atom stereocenters. The molecule has 0 saturated carbocycles. The van der Waals surface area contributed by atoms with Crippen molar-refractivity contribution in [1.82, 2.24) is 0 Å². The van der Waals surface area contributed by atoms with E-state index in [9.17, 15) is 45.3 Å². The minimum absolute atomic E-state index is 0.00430. The van der Waals surface area contributed by atoms with Gasteiger partial charge in [-0.1, -0.05) is 93.2 Å². The summed E-state index contributed by atoms with van der Waals surface area (Å²) >= 11 is 0. The normalized spacial score (nSPS) is 23.7. The molecule has 1 saturated heterocycles. The lowest BCUT2D eigenvalue weighted by Crippen LogP contribution is -2.59. The lowest BCUT2D eigenvalue weighted by atomic mass is 9.99. The summed E-state index contributed by atoms with van der Waals surface area (Å²) in [7, 11) is 0. The van der Waals surface area contributed by atoms with Crippen molar-refractivity contribution in [3.63, 3.8) is 0 Å². The Balaban J connectivity index is 3.44. The van der Waals surface area contributed by atoms with Gasteiger partial charge in [0.2, 0.25) is 0 Å². The van der Waals surface area contributed by atoms with E-state index in [2.05, 4.69) is 0 Å². The zero-order valence-electron chi connectivity index (χ0n) is 35.8. The second kappa shape index (κ2) is 34.4. The van der Waals surface area contributed by atoms with Crippen LogP contribution >= 0.6 is 0 Å². The fraction of sp³-hybridized carbons (Fsp3) is 0.689. The van der Waals surface area contributed by atoms with Crippen LogP contribution in [0.4, 0.5) is 0 Å². The van der Waals surface area contributed by atoms with Gasteiger partial charge in [-0.05, 0) is 70.6 Å². The second-order valence-corrected chi connectivity index (χ2v) is 15.0. The molecule has 0 aromatic rings. The number of carbonyl (C=O) groups is 2. The number of rotatable bonds is 35. The van der Waals surface area contributed by atoms with Crippen LogP contribution in [0.2, 0.25) is 0 Å². The van der Waals surface area contributed by atoms with Gasteiger partial charge in [-0.15, -0.1) is 0 Å². The third-order valence-electron chi connectivity index (χ3n) is 9.59. The van der Waals surface area contributed by atoms with Crippen LogP contribution < -0.4 is 0 Å². The first kappa shape index (κ1) is 55.9. The van der Waals surface area contributed by atoms with E-state index in [1.165, 1.54) is 12.2 Å². The summed E-state index contributed by atoms with van der Waals surface area (Å²) in [6.45, 7) is 2.71. The maximum Gasteiger partial charge on any atom is 0.303 e. The lowest BCUT2D eigenvalue weighted by Gasteiger charge is -2.40. The Bertz CT molecular complexity index is 1330. The molecule has 0 aromatic heterocycles. The molecule has 12 atom stereocenters. The molecule has 0 aromatic carbocycles. The lowest BCUT2D eigenvalue weighted by molar-refractivity contribution is -0.307. The Labute approximate surface area is 360 Å². The van der Waals surface area contributed by atoms with Crippen molar-refractivity contribution in [2.24, 2.45) is 0 Å². The quantitative estimate of drug-likeness (QED) is 0.0323. The summed E-state index contributed by atoms with van der Waals surface area (Å²) in [5.74, 6) is -1.83. The number of aliphatic hydroxyl groups excluding tert-OH is 8. The highest BCUT2D eigenvalue weighted by Gasteiger charge is 2.44. The van der Waals surface area contributed by atoms with Crippen LogP contribution in [0.1, 0.15) is 104 Å². The number of hydrogen-bond acceptors (Lipinski definition) is 14. The predicted molar refractivity (Wildman–Crippen MR) is 228 cm³/mol. The van der Waals surface area contributed by atoms with E-state index in [1.807, 2.05) is 50.3 Å². The summed E-state index contributed by atoms with van der Waals surface area (Å²) in [4.78, 5) is 21.8. The van der Waals surface area contributed by atoms with Gasteiger partial charge in [-0.3, -0.25) is 9.59 Å². The van der Waals surface area contributed by atoms with Gasteiger partial charge in [0, 0.05) is 12.8 Å². The Kier molecular flexibility index (Phi) is 31.5. The number of hydrogen-bond donors (Lipinski definition) is 10. The number of ether oxygens (including phenoxy) is 4. The molecule has 350 valence electrons. The zero-order valence-corrected chi connectivity index (χ0v) is 35.8. The van der Waals surface area contributed by atoms with Crippen LogP contribution in [0.5, 0.6) is 0 Å². The van der Waals surface area contributed by atoms with Crippen molar-refractivity contribution in [3.8, 4) is 0 Å². The van der Waals surface area contributed by atoms with Crippen LogP contribution in [-0.4, -0.2) is 156 Å². The highest BCUT2D eigenvalue weighted by atomic mass is 16.7. The van der Waals surface area contributed by atoms with Gasteiger partial charge in [-0.2, -0.15) is 0 Å². The Hall–Kier alpha value is -3.10. The van der Waals surface area contributed by atoms with Crippen LogP contribution in [-0.2, 0) is 28.5 Å². The number of allylic oxidation sites excluding steroid dienone is 5. The van der Waals surface area contributed by atoms with Crippen LogP contribution in [0.15, 0.2) is 72.9 Å². The summed E-state index contributed by atoms with van der Waals surface area (Å²) in [6, 6.07) is 0. The SMILES string of the molecule is CCC=CCC=CCC(O)C(C=CC(CC=CCCCC(=O)O)OCC1OC(OCC(O)CO)C(O)C(O)C1O)OC(CC=CCCC)C(O)C=CC(O)CCCCC(=O)O. The van der Waals surface area contributed by atoms with E-state index in [0.717, 1.165) is 19.3 Å². The number of aliphatic carboxylic acids is 2. The van der Waals surface area contributed by atoms with Crippen molar-refractivity contribution in [2.75, 3.05) is 19.8 Å². The van der Waals surface area contributed by atoms with Crippen LogP contribution in [0.3, 0.4) is 0 Å². The highest BCUT2D eigenvalue weighted by Crippen LogP contribution is 2.24. The Morgan fingerprint density at radius 3 is 2.08 bits per heavy atom. The van der Waals surface area contributed by atoms with Gasteiger partial charge in [0.15, 0.2) is 6.29 Å². The smallest absolute Gasteiger partial charge is 0.303 e. The first-order chi connectivity index (χ1) is 29.2. The van der Waals surface area contributed by atoms with Crippen molar-refractivity contribution in [3.05, 3.63) is 72.9 Å². The molecule has 1 heterocycles. The monoisotopic (exact) mass is 870 g/mol. The summed E-state index contributed by atoms with van der Waals surface area (Å²) < 4.78 is 23.7. The van der Waals surface area contributed by atoms with E-state index in [4.69, 9.17) is 34.3 Å². The Morgan fingerprint density at radius 1 is 0.721 bits per heavy atom. The average molecular weight is 871 g/mol. The van der Waals surface area contributed by atoms with E-state index in [-0.39, 0.29) is 38.7 Å². The molecular weight excluding hydrogens is 796 g/mol. The van der Waals surface area contributed by atoms with E-state index in [1.54, 1.807) is 24.3 Å². The third-order valence-corrected chi connectivity index (χ3v) is 9.59.